The Morgan fingerprint density at radius 1 is 1.28 bits per heavy atom. The third-order valence-corrected chi connectivity index (χ3v) is 5.90. The number of carbonyl (C=O) groups excluding carboxylic acids is 1. The van der Waals surface area contributed by atoms with Crippen LogP contribution in [-0.4, -0.2) is 64.1 Å². The van der Waals surface area contributed by atoms with Crippen molar-refractivity contribution in [3.05, 3.63) is 63.6 Å². The summed E-state index contributed by atoms with van der Waals surface area (Å²) >= 11 is 1.63. The molecule has 2 N–H and O–H groups in total. The number of pyridine rings is 1. The van der Waals surface area contributed by atoms with Gasteiger partial charge in [0, 0.05) is 37.9 Å². The predicted octanol–water partition coefficient (Wildman–Crippen LogP) is 1.83. The summed E-state index contributed by atoms with van der Waals surface area (Å²) in [5.74, 6) is -1.46. The van der Waals surface area contributed by atoms with Gasteiger partial charge in [0.15, 0.2) is 11.4 Å². The number of hydrogen-bond donors (Lipinski definition) is 2. The number of benzene rings is 1. The van der Waals surface area contributed by atoms with Crippen LogP contribution in [0.15, 0.2) is 41.3 Å². The molecule has 0 radical (unpaired) electrons. The SMILES string of the molecule is COCCN1C[C@H](CSCc2ccccc2)n2cc(C(=O)O)c(=O)c(O)c2C1=O. The molecule has 29 heavy (non-hydrogen) atoms. The van der Waals surface area contributed by atoms with Crippen LogP contribution in [-0.2, 0) is 10.5 Å². The van der Waals surface area contributed by atoms with Crippen LogP contribution in [0.5, 0.6) is 5.75 Å². The summed E-state index contributed by atoms with van der Waals surface area (Å²) in [6.07, 6.45) is 1.17. The summed E-state index contributed by atoms with van der Waals surface area (Å²) in [7, 11) is 1.52. The van der Waals surface area contributed by atoms with E-state index < -0.39 is 28.6 Å². The average molecular weight is 418 g/mol. The number of rotatable bonds is 8. The van der Waals surface area contributed by atoms with Crippen LogP contribution in [0.25, 0.3) is 0 Å². The largest absolute Gasteiger partial charge is 0.503 e. The first kappa shape index (κ1) is 20.9. The van der Waals surface area contributed by atoms with Crippen molar-refractivity contribution in [2.75, 3.05) is 32.6 Å². The summed E-state index contributed by atoms with van der Waals surface area (Å²) in [6.45, 7) is 0.954. The molecule has 0 unspecified atom stereocenters. The van der Waals surface area contributed by atoms with E-state index in [1.54, 1.807) is 11.8 Å². The number of aromatic carboxylic acids is 1. The summed E-state index contributed by atoms with van der Waals surface area (Å²) in [5, 5.41) is 19.6. The Bertz CT molecular complexity index is 959. The van der Waals surface area contributed by atoms with Crippen molar-refractivity contribution in [1.82, 2.24) is 9.47 Å². The van der Waals surface area contributed by atoms with Gasteiger partial charge in [-0.25, -0.2) is 4.79 Å². The average Bonchev–Trinajstić information content (AvgIpc) is 2.71. The molecule has 2 aromatic rings. The zero-order chi connectivity index (χ0) is 21.0. The van der Waals surface area contributed by atoms with E-state index in [4.69, 9.17) is 4.74 Å². The number of amides is 1. The van der Waals surface area contributed by atoms with Gasteiger partial charge in [0.2, 0.25) is 5.43 Å². The molecule has 0 saturated carbocycles. The van der Waals surface area contributed by atoms with Gasteiger partial charge in [-0.05, 0) is 5.56 Å². The molecule has 1 aromatic heterocycles. The quantitative estimate of drug-likeness (QED) is 0.673. The van der Waals surface area contributed by atoms with Gasteiger partial charge in [-0.2, -0.15) is 11.8 Å². The molecular formula is C20H22N2O6S. The van der Waals surface area contributed by atoms with E-state index >= 15 is 0 Å². The molecule has 1 aromatic carbocycles. The summed E-state index contributed by atoms with van der Waals surface area (Å²) in [6, 6.07) is 9.59. The Kier molecular flexibility index (Phi) is 6.60. The highest BCUT2D eigenvalue weighted by Crippen LogP contribution is 2.29. The molecule has 9 heteroatoms. The molecule has 0 fully saturated rings. The molecule has 1 amide bonds. The van der Waals surface area contributed by atoms with Crippen molar-refractivity contribution in [2.24, 2.45) is 0 Å². The van der Waals surface area contributed by atoms with Crippen molar-refractivity contribution in [2.45, 2.75) is 11.8 Å². The van der Waals surface area contributed by atoms with Crippen molar-refractivity contribution in [1.29, 1.82) is 0 Å². The highest BCUT2D eigenvalue weighted by Gasteiger charge is 2.35. The number of ether oxygens (including phenoxy) is 1. The number of aromatic nitrogens is 1. The van der Waals surface area contributed by atoms with Gasteiger partial charge in [0.1, 0.15) is 5.56 Å². The maximum atomic E-state index is 12.8. The summed E-state index contributed by atoms with van der Waals surface area (Å²) in [5.41, 5.74) is -0.633. The van der Waals surface area contributed by atoms with Crippen LogP contribution in [0.2, 0.25) is 0 Å². The lowest BCUT2D eigenvalue weighted by Crippen LogP contribution is -2.46. The van der Waals surface area contributed by atoms with Crippen LogP contribution < -0.4 is 5.43 Å². The topological polar surface area (TPSA) is 109 Å². The van der Waals surface area contributed by atoms with E-state index in [1.807, 2.05) is 30.3 Å². The Hall–Kier alpha value is -2.78. The van der Waals surface area contributed by atoms with E-state index in [9.17, 15) is 24.6 Å². The van der Waals surface area contributed by atoms with Crippen LogP contribution in [0, 0.1) is 0 Å². The molecule has 3 rings (SSSR count). The van der Waals surface area contributed by atoms with Crippen LogP contribution in [0.4, 0.5) is 0 Å². The first-order chi connectivity index (χ1) is 13.9. The number of aromatic hydroxyl groups is 1. The third kappa shape index (κ3) is 4.46. The number of fused-ring (bicyclic) bond motifs is 1. The lowest BCUT2D eigenvalue weighted by atomic mass is 10.1. The first-order valence-electron chi connectivity index (χ1n) is 9.05. The molecule has 1 aliphatic rings. The minimum absolute atomic E-state index is 0.173. The second-order valence-electron chi connectivity index (χ2n) is 6.68. The fourth-order valence-electron chi connectivity index (χ4n) is 3.26. The molecule has 0 saturated heterocycles. The molecule has 2 heterocycles. The van der Waals surface area contributed by atoms with Gasteiger partial charge in [-0.1, -0.05) is 30.3 Å². The number of hydrogen-bond acceptors (Lipinski definition) is 6. The number of thioether (sulfide) groups is 1. The molecule has 1 atom stereocenters. The van der Waals surface area contributed by atoms with Crippen molar-refractivity contribution in [3.63, 3.8) is 0 Å². The van der Waals surface area contributed by atoms with Crippen molar-refractivity contribution in [3.8, 4) is 5.75 Å². The van der Waals surface area contributed by atoms with Crippen molar-refractivity contribution < 1.29 is 24.5 Å². The maximum Gasteiger partial charge on any atom is 0.341 e. The Morgan fingerprint density at radius 3 is 2.66 bits per heavy atom. The van der Waals surface area contributed by atoms with Crippen LogP contribution in [0.3, 0.4) is 0 Å². The Balaban J connectivity index is 1.92. The standard InChI is InChI=1S/C20H22N2O6S/c1-28-8-7-21-9-14(12-29-11-13-5-3-2-4-6-13)22-10-15(20(26)27)17(23)18(24)16(22)19(21)25/h2-6,10,14,24H,7-9,11-12H2,1H3,(H,26,27)/t14-/m1/s1. The first-order valence-corrected chi connectivity index (χ1v) is 10.2. The van der Waals surface area contributed by atoms with E-state index in [-0.39, 0.29) is 11.7 Å². The molecule has 0 bridgehead atoms. The minimum Gasteiger partial charge on any atom is -0.503 e. The van der Waals surface area contributed by atoms with E-state index in [0.717, 1.165) is 11.3 Å². The number of carboxylic acid groups (broad SMARTS) is 1. The molecule has 0 spiro atoms. The third-order valence-electron chi connectivity index (χ3n) is 4.74. The zero-order valence-corrected chi connectivity index (χ0v) is 16.7. The van der Waals surface area contributed by atoms with Gasteiger partial charge in [0.25, 0.3) is 5.91 Å². The number of carbonyl (C=O) groups is 2. The normalized spacial score (nSPS) is 16.0. The van der Waals surface area contributed by atoms with Gasteiger partial charge in [0.05, 0.1) is 12.6 Å². The van der Waals surface area contributed by atoms with Gasteiger partial charge in [-0.3, -0.25) is 9.59 Å². The van der Waals surface area contributed by atoms with E-state index in [2.05, 4.69) is 0 Å². The maximum absolute atomic E-state index is 12.8. The second kappa shape index (κ2) is 9.15. The number of methoxy groups -OCH3 is 1. The lowest BCUT2D eigenvalue weighted by molar-refractivity contribution is 0.0597. The van der Waals surface area contributed by atoms with E-state index in [0.29, 0.717) is 25.4 Å². The highest BCUT2D eigenvalue weighted by molar-refractivity contribution is 7.98. The molecule has 1 aliphatic heterocycles. The molecular weight excluding hydrogens is 396 g/mol. The minimum atomic E-state index is -1.44. The number of carboxylic acids is 1. The second-order valence-corrected chi connectivity index (χ2v) is 7.71. The zero-order valence-electron chi connectivity index (χ0n) is 15.9. The smallest absolute Gasteiger partial charge is 0.341 e. The molecule has 154 valence electrons. The van der Waals surface area contributed by atoms with Gasteiger partial charge >= 0.3 is 5.97 Å². The van der Waals surface area contributed by atoms with Crippen LogP contribution in [0.1, 0.15) is 32.5 Å². The highest BCUT2D eigenvalue weighted by atomic mass is 32.2. The van der Waals surface area contributed by atoms with Gasteiger partial charge in [-0.15, -0.1) is 0 Å². The molecule has 0 aliphatic carbocycles. The Morgan fingerprint density at radius 2 is 2.00 bits per heavy atom. The fraction of sp³-hybridized carbons (Fsp3) is 0.350. The molecule has 8 nitrogen and oxygen atoms in total. The van der Waals surface area contributed by atoms with E-state index in [1.165, 1.54) is 22.8 Å². The van der Waals surface area contributed by atoms with Crippen LogP contribution >= 0.6 is 11.8 Å². The monoisotopic (exact) mass is 418 g/mol. The number of nitrogens with zero attached hydrogens (tertiary/aromatic N) is 2. The Labute approximate surface area is 171 Å². The summed E-state index contributed by atoms with van der Waals surface area (Å²) in [4.78, 5) is 38.0. The van der Waals surface area contributed by atoms with Gasteiger partial charge < -0.3 is 24.4 Å². The van der Waals surface area contributed by atoms with Crippen molar-refractivity contribution >= 4 is 23.6 Å². The predicted molar refractivity (Wildman–Crippen MR) is 109 cm³/mol. The summed E-state index contributed by atoms with van der Waals surface area (Å²) < 4.78 is 6.49. The fourth-order valence-corrected chi connectivity index (χ4v) is 4.35. The lowest BCUT2D eigenvalue weighted by Gasteiger charge is -2.36.